The second-order valence-corrected chi connectivity index (χ2v) is 5.71. The molecule has 0 aromatic carbocycles. The molecule has 2 aliphatic rings. The Morgan fingerprint density at radius 3 is 2.82 bits per heavy atom. The molecule has 1 amide bonds. The molecule has 0 spiro atoms. The summed E-state index contributed by atoms with van der Waals surface area (Å²) in [4.78, 5) is 14.5. The van der Waals surface area contributed by atoms with Gasteiger partial charge in [0.15, 0.2) is 0 Å². The molecule has 2 fully saturated rings. The molecule has 0 aliphatic carbocycles. The van der Waals surface area contributed by atoms with Crippen LogP contribution < -0.4 is 11.1 Å². The minimum absolute atomic E-state index is 0.0680. The number of hydrogen-bond acceptors (Lipinski definition) is 3. The number of nitrogens with zero attached hydrogens (tertiary/aromatic N) is 1. The van der Waals surface area contributed by atoms with E-state index < -0.39 is 0 Å². The van der Waals surface area contributed by atoms with E-state index in [1.54, 1.807) is 0 Å². The topological polar surface area (TPSA) is 58.4 Å². The molecule has 2 rings (SSSR count). The highest BCUT2D eigenvalue weighted by atomic mass is 16.2. The zero-order chi connectivity index (χ0) is 12.4. The standard InChI is InChI=1S/C13H25N3O/c1-9(10(2)14)13(17)15-11-5-7-16-6-3-4-12(16)8-11/h9-12H,3-8,14H2,1-2H3,(H,15,17). The molecule has 0 radical (unpaired) electrons. The largest absolute Gasteiger partial charge is 0.353 e. The van der Waals surface area contributed by atoms with Crippen LogP contribution in [0.25, 0.3) is 0 Å². The van der Waals surface area contributed by atoms with Gasteiger partial charge in [-0.3, -0.25) is 4.79 Å². The molecule has 0 aromatic heterocycles. The van der Waals surface area contributed by atoms with Gasteiger partial charge in [0.05, 0.1) is 0 Å². The lowest BCUT2D eigenvalue weighted by molar-refractivity contribution is -0.126. The van der Waals surface area contributed by atoms with Crippen molar-refractivity contribution in [1.82, 2.24) is 10.2 Å². The summed E-state index contributed by atoms with van der Waals surface area (Å²) in [6.45, 7) is 6.19. The summed E-state index contributed by atoms with van der Waals surface area (Å²) in [6.07, 6.45) is 4.84. The lowest BCUT2D eigenvalue weighted by Gasteiger charge is -2.35. The average molecular weight is 239 g/mol. The molecule has 4 unspecified atom stereocenters. The molecule has 2 saturated heterocycles. The Morgan fingerprint density at radius 1 is 1.35 bits per heavy atom. The first-order chi connectivity index (χ1) is 8.08. The van der Waals surface area contributed by atoms with Gasteiger partial charge in [-0.2, -0.15) is 0 Å². The summed E-state index contributed by atoms with van der Waals surface area (Å²) in [5.74, 6) is 0.0352. The zero-order valence-corrected chi connectivity index (χ0v) is 11.0. The molecule has 0 aromatic rings. The van der Waals surface area contributed by atoms with Crippen LogP contribution in [0.3, 0.4) is 0 Å². The number of piperidine rings is 1. The minimum atomic E-state index is -0.0865. The van der Waals surface area contributed by atoms with E-state index in [-0.39, 0.29) is 17.9 Å². The second-order valence-electron chi connectivity index (χ2n) is 5.71. The summed E-state index contributed by atoms with van der Waals surface area (Å²) >= 11 is 0. The van der Waals surface area contributed by atoms with Crippen molar-refractivity contribution in [1.29, 1.82) is 0 Å². The number of carbonyl (C=O) groups excluding carboxylic acids is 1. The SMILES string of the molecule is CC(N)C(C)C(=O)NC1CCN2CCCC2C1. The maximum atomic E-state index is 11.9. The predicted octanol–water partition coefficient (Wildman–Crippen LogP) is 0.713. The lowest BCUT2D eigenvalue weighted by atomic mass is 9.96. The quantitative estimate of drug-likeness (QED) is 0.762. The molecule has 17 heavy (non-hydrogen) atoms. The van der Waals surface area contributed by atoms with Crippen molar-refractivity contribution in [2.45, 2.75) is 57.7 Å². The van der Waals surface area contributed by atoms with Crippen LogP contribution in [0, 0.1) is 5.92 Å². The molecule has 4 heteroatoms. The van der Waals surface area contributed by atoms with Crippen molar-refractivity contribution in [3.63, 3.8) is 0 Å². The summed E-state index contributed by atoms with van der Waals surface area (Å²) in [5, 5.41) is 3.17. The van der Waals surface area contributed by atoms with Gasteiger partial charge in [0.1, 0.15) is 0 Å². The summed E-state index contributed by atoms with van der Waals surface area (Å²) in [6, 6.07) is 1.00. The Morgan fingerprint density at radius 2 is 2.12 bits per heavy atom. The van der Waals surface area contributed by atoms with Crippen molar-refractivity contribution in [2.75, 3.05) is 13.1 Å². The van der Waals surface area contributed by atoms with Gasteiger partial charge in [-0.15, -0.1) is 0 Å². The van der Waals surface area contributed by atoms with Gasteiger partial charge >= 0.3 is 0 Å². The van der Waals surface area contributed by atoms with Crippen molar-refractivity contribution in [3.8, 4) is 0 Å². The number of nitrogens with one attached hydrogen (secondary N) is 1. The molecule has 2 aliphatic heterocycles. The normalized spacial score (nSPS) is 32.9. The number of fused-ring (bicyclic) bond motifs is 1. The van der Waals surface area contributed by atoms with Crippen molar-refractivity contribution < 1.29 is 4.79 Å². The van der Waals surface area contributed by atoms with Crippen LogP contribution in [0.1, 0.15) is 39.5 Å². The van der Waals surface area contributed by atoms with E-state index in [2.05, 4.69) is 10.2 Å². The smallest absolute Gasteiger partial charge is 0.224 e. The van der Waals surface area contributed by atoms with Gasteiger partial charge < -0.3 is 16.0 Å². The van der Waals surface area contributed by atoms with Crippen LogP contribution in [0.4, 0.5) is 0 Å². The van der Waals surface area contributed by atoms with Crippen LogP contribution in [0.5, 0.6) is 0 Å². The van der Waals surface area contributed by atoms with Gasteiger partial charge in [0.2, 0.25) is 5.91 Å². The van der Waals surface area contributed by atoms with Crippen LogP contribution in [0.15, 0.2) is 0 Å². The minimum Gasteiger partial charge on any atom is -0.353 e. The van der Waals surface area contributed by atoms with Gasteiger partial charge in [-0.25, -0.2) is 0 Å². The molecule has 0 bridgehead atoms. The fraction of sp³-hybridized carbons (Fsp3) is 0.923. The van der Waals surface area contributed by atoms with Crippen LogP contribution in [-0.4, -0.2) is 42.0 Å². The molecule has 4 nitrogen and oxygen atoms in total. The molecular weight excluding hydrogens is 214 g/mol. The van der Waals surface area contributed by atoms with E-state index in [1.807, 2.05) is 13.8 Å². The van der Waals surface area contributed by atoms with Crippen molar-refractivity contribution in [3.05, 3.63) is 0 Å². The number of amides is 1. The highest BCUT2D eigenvalue weighted by molar-refractivity contribution is 5.79. The summed E-state index contributed by atoms with van der Waals surface area (Å²) in [7, 11) is 0. The second kappa shape index (κ2) is 5.36. The van der Waals surface area contributed by atoms with Gasteiger partial charge in [-0.1, -0.05) is 6.92 Å². The predicted molar refractivity (Wildman–Crippen MR) is 68.6 cm³/mol. The first kappa shape index (κ1) is 12.8. The van der Waals surface area contributed by atoms with E-state index >= 15 is 0 Å². The fourth-order valence-corrected chi connectivity index (χ4v) is 2.93. The van der Waals surface area contributed by atoms with Gasteiger partial charge in [-0.05, 0) is 39.2 Å². The number of nitrogens with two attached hydrogens (primary N) is 1. The van der Waals surface area contributed by atoms with Crippen LogP contribution >= 0.6 is 0 Å². The first-order valence-electron chi connectivity index (χ1n) is 6.88. The molecule has 0 saturated carbocycles. The van der Waals surface area contributed by atoms with E-state index in [1.165, 1.54) is 19.4 Å². The number of carbonyl (C=O) groups is 1. The third kappa shape index (κ3) is 2.99. The van der Waals surface area contributed by atoms with E-state index in [0.29, 0.717) is 12.1 Å². The Labute approximate surface area is 104 Å². The molecule has 98 valence electrons. The number of rotatable bonds is 3. The van der Waals surface area contributed by atoms with Crippen molar-refractivity contribution >= 4 is 5.91 Å². The Bertz CT molecular complexity index is 280. The average Bonchev–Trinajstić information content (AvgIpc) is 2.74. The van der Waals surface area contributed by atoms with Crippen LogP contribution in [0.2, 0.25) is 0 Å². The van der Waals surface area contributed by atoms with Gasteiger partial charge in [0.25, 0.3) is 0 Å². The lowest BCUT2D eigenvalue weighted by Crippen LogP contribution is -2.50. The maximum absolute atomic E-state index is 11.9. The number of hydrogen-bond donors (Lipinski definition) is 2. The maximum Gasteiger partial charge on any atom is 0.224 e. The molecule has 4 atom stereocenters. The summed E-state index contributed by atoms with van der Waals surface area (Å²) < 4.78 is 0. The molecule has 3 N–H and O–H groups in total. The van der Waals surface area contributed by atoms with Crippen molar-refractivity contribution in [2.24, 2.45) is 11.7 Å². The Balaban J connectivity index is 1.82. The van der Waals surface area contributed by atoms with Crippen LogP contribution in [-0.2, 0) is 4.79 Å². The Hall–Kier alpha value is -0.610. The third-order valence-electron chi connectivity index (χ3n) is 4.37. The highest BCUT2D eigenvalue weighted by Gasteiger charge is 2.32. The fourth-order valence-electron chi connectivity index (χ4n) is 2.93. The monoisotopic (exact) mass is 239 g/mol. The first-order valence-corrected chi connectivity index (χ1v) is 6.88. The van der Waals surface area contributed by atoms with Gasteiger partial charge in [0, 0.05) is 30.6 Å². The van der Waals surface area contributed by atoms with E-state index in [0.717, 1.165) is 19.4 Å². The zero-order valence-electron chi connectivity index (χ0n) is 11.0. The molecule has 2 heterocycles. The Kier molecular flexibility index (Phi) is 4.05. The van der Waals surface area contributed by atoms with E-state index in [9.17, 15) is 4.79 Å². The highest BCUT2D eigenvalue weighted by Crippen LogP contribution is 2.26. The molecular formula is C13H25N3O. The summed E-state index contributed by atoms with van der Waals surface area (Å²) in [5.41, 5.74) is 5.76. The van der Waals surface area contributed by atoms with E-state index in [4.69, 9.17) is 5.73 Å². The third-order valence-corrected chi connectivity index (χ3v) is 4.37.